The summed E-state index contributed by atoms with van der Waals surface area (Å²) in [6, 6.07) is 9.31. The molecule has 1 unspecified atom stereocenters. The third kappa shape index (κ3) is 2.49. The van der Waals surface area contributed by atoms with Gasteiger partial charge in [0.15, 0.2) is 0 Å². The SMILES string of the molecule is [C-]#[N+]c1cccnc1C1CCc2nc(-c3ccccn3)oc2C1. The predicted octanol–water partition coefficient (Wildman–Crippen LogP) is 3.95. The van der Waals surface area contributed by atoms with E-state index in [1.54, 1.807) is 18.5 Å². The van der Waals surface area contributed by atoms with Crippen molar-refractivity contribution in [1.29, 1.82) is 0 Å². The molecule has 0 amide bonds. The molecule has 0 aromatic carbocycles. The topological polar surface area (TPSA) is 56.2 Å². The molecular formula is C18H14N4O. The molecule has 1 atom stereocenters. The first-order valence-corrected chi connectivity index (χ1v) is 7.57. The second-order valence-corrected chi connectivity index (χ2v) is 5.56. The van der Waals surface area contributed by atoms with Crippen LogP contribution in [0.25, 0.3) is 16.4 Å². The largest absolute Gasteiger partial charge is 0.440 e. The Morgan fingerprint density at radius 2 is 2.04 bits per heavy atom. The summed E-state index contributed by atoms with van der Waals surface area (Å²) < 4.78 is 5.94. The molecule has 5 heteroatoms. The van der Waals surface area contributed by atoms with Crippen molar-refractivity contribution in [3.8, 4) is 11.6 Å². The molecular weight excluding hydrogens is 288 g/mol. The molecule has 0 spiro atoms. The number of nitrogens with zero attached hydrogens (tertiary/aromatic N) is 4. The second-order valence-electron chi connectivity index (χ2n) is 5.56. The Morgan fingerprint density at radius 1 is 1.13 bits per heavy atom. The minimum absolute atomic E-state index is 0.206. The van der Waals surface area contributed by atoms with Gasteiger partial charge in [0.05, 0.1) is 18.0 Å². The van der Waals surface area contributed by atoms with E-state index in [1.807, 2.05) is 24.3 Å². The summed E-state index contributed by atoms with van der Waals surface area (Å²) in [5.41, 5.74) is 3.25. The first kappa shape index (κ1) is 13.6. The highest BCUT2D eigenvalue weighted by Crippen LogP contribution is 2.37. The van der Waals surface area contributed by atoms with Crippen molar-refractivity contribution in [3.05, 3.63) is 71.3 Å². The van der Waals surface area contributed by atoms with Gasteiger partial charge >= 0.3 is 0 Å². The molecule has 3 aromatic rings. The van der Waals surface area contributed by atoms with Gasteiger partial charge in [-0.1, -0.05) is 18.2 Å². The number of rotatable bonds is 2. The van der Waals surface area contributed by atoms with Gasteiger partial charge in [-0.2, -0.15) is 0 Å². The summed E-state index contributed by atoms with van der Waals surface area (Å²) in [6.07, 6.45) is 5.98. The molecule has 3 heterocycles. The molecule has 0 saturated carbocycles. The molecule has 3 aromatic heterocycles. The normalized spacial score (nSPS) is 16.6. The van der Waals surface area contributed by atoms with E-state index < -0.39 is 0 Å². The van der Waals surface area contributed by atoms with Gasteiger partial charge in [-0.25, -0.2) is 9.83 Å². The van der Waals surface area contributed by atoms with Crippen LogP contribution >= 0.6 is 0 Å². The smallest absolute Gasteiger partial charge is 0.245 e. The fourth-order valence-electron chi connectivity index (χ4n) is 3.03. The number of hydrogen-bond donors (Lipinski definition) is 0. The van der Waals surface area contributed by atoms with Crippen molar-refractivity contribution in [1.82, 2.24) is 15.0 Å². The van der Waals surface area contributed by atoms with E-state index in [9.17, 15) is 0 Å². The van der Waals surface area contributed by atoms with E-state index in [-0.39, 0.29) is 5.92 Å². The minimum atomic E-state index is 0.206. The van der Waals surface area contributed by atoms with E-state index in [1.165, 1.54) is 0 Å². The molecule has 0 bridgehead atoms. The maximum Gasteiger partial charge on any atom is 0.245 e. The van der Waals surface area contributed by atoms with Crippen LogP contribution in [0, 0.1) is 6.57 Å². The van der Waals surface area contributed by atoms with Gasteiger partial charge < -0.3 is 4.42 Å². The van der Waals surface area contributed by atoms with E-state index in [0.717, 1.165) is 42.1 Å². The van der Waals surface area contributed by atoms with Crippen molar-refractivity contribution in [3.63, 3.8) is 0 Å². The zero-order valence-corrected chi connectivity index (χ0v) is 12.4. The van der Waals surface area contributed by atoms with Gasteiger partial charge in [-0.15, -0.1) is 0 Å². The highest BCUT2D eigenvalue weighted by Gasteiger charge is 2.27. The molecule has 0 fully saturated rings. The third-order valence-corrected chi connectivity index (χ3v) is 4.15. The van der Waals surface area contributed by atoms with Gasteiger partial charge in [0, 0.05) is 18.8 Å². The number of fused-ring (bicyclic) bond motifs is 1. The van der Waals surface area contributed by atoms with Crippen molar-refractivity contribution in [2.75, 3.05) is 0 Å². The predicted molar refractivity (Wildman–Crippen MR) is 85.0 cm³/mol. The summed E-state index contributed by atoms with van der Waals surface area (Å²) in [5.74, 6) is 1.67. The molecule has 0 N–H and O–H groups in total. The molecule has 4 rings (SSSR count). The molecule has 112 valence electrons. The number of aromatic nitrogens is 3. The van der Waals surface area contributed by atoms with Gasteiger partial charge in [0.25, 0.3) is 0 Å². The van der Waals surface area contributed by atoms with Crippen LogP contribution in [0.1, 0.15) is 29.5 Å². The van der Waals surface area contributed by atoms with Crippen LogP contribution in [0.15, 0.2) is 47.1 Å². The van der Waals surface area contributed by atoms with E-state index in [4.69, 9.17) is 11.0 Å². The Kier molecular flexibility index (Phi) is 3.35. The van der Waals surface area contributed by atoms with Gasteiger partial charge in [0.2, 0.25) is 11.6 Å². The summed E-state index contributed by atoms with van der Waals surface area (Å²) in [7, 11) is 0. The zero-order chi connectivity index (χ0) is 15.6. The van der Waals surface area contributed by atoms with Crippen LogP contribution in [0.3, 0.4) is 0 Å². The molecule has 23 heavy (non-hydrogen) atoms. The fourth-order valence-corrected chi connectivity index (χ4v) is 3.03. The first-order valence-electron chi connectivity index (χ1n) is 7.57. The fraction of sp³-hybridized carbons (Fsp3) is 0.222. The Labute approximate surface area is 133 Å². The van der Waals surface area contributed by atoms with Gasteiger partial charge in [-0.3, -0.25) is 9.97 Å². The van der Waals surface area contributed by atoms with Gasteiger partial charge in [0.1, 0.15) is 11.5 Å². The standard InChI is InChI=1S/C18H14N4O/c1-19-14-6-4-10-21-17(14)12-7-8-13-16(11-12)23-18(22-13)15-5-2-3-9-20-15/h2-6,9-10,12H,7-8,11H2. The average molecular weight is 302 g/mol. The van der Waals surface area contributed by atoms with E-state index in [2.05, 4.69) is 19.8 Å². The van der Waals surface area contributed by atoms with Gasteiger partial charge in [-0.05, 0) is 30.9 Å². The van der Waals surface area contributed by atoms with Crippen LogP contribution in [-0.4, -0.2) is 15.0 Å². The molecule has 0 radical (unpaired) electrons. The third-order valence-electron chi connectivity index (χ3n) is 4.15. The molecule has 1 aliphatic rings. The quantitative estimate of drug-likeness (QED) is 0.672. The molecule has 5 nitrogen and oxygen atoms in total. The Balaban J connectivity index is 1.65. The lowest BCUT2D eigenvalue weighted by atomic mass is 9.87. The van der Waals surface area contributed by atoms with Crippen LogP contribution in [0.2, 0.25) is 0 Å². The Hall–Kier alpha value is -3.00. The maximum absolute atomic E-state index is 7.31. The summed E-state index contributed by atoms with van der Waals surface area (Å²) >= 11 is 0. The number of pyridine rings is 2. The highest BCUT2D eigenvalue weighted by atomic mass is 16.4. The van der Waals surface area contributed by atoms with Crippen LogP contribution in [-0.2, 0) is 12.8 Å². The van der Waals surface area contributed by atoms with E-state index >= 15 is 0 Å². The monoisotopic (exact) mass is 302 g/mol. The average Bonchev–Trinajstić information content (AvgIpc) is 3.05. The minimum Gasteiger partial charge on any atom is -0.440 e. The summed E-state index contributed by atoms with van der Waals surface area (Å²) in [4.78, 5) is 16.9. The number of hydrogen-bond acceptors (Lipinski definition) is 4. The molecule has 1 aliphatic carbocycles. The lowest BCUT2D eigenvalue weighted by Crippen LogP contribution is -2.13. The lowest BCUT2D eigenvalue weighted by molar-refractivity contribution is 0.454. The van der Waals surface area contributed by atoms with E-state index in [0.29, 0.717) is 11.6 Å². The van der Waals surface area contributed by atoms with Crippen molar-refractivity contribution in [2.45, 2.75) is 25.2 Å². The van der Waals surface area contributed by atoms with Crippen molar-refractivity contribution in [2.24, 2.45) is 0 Å². The van der Waals surface area contributed by atoms with Crippen molar-refractivity contribution < 1.29 is 4.42 Å². The maximum atomic E-state index is 7.31. The van der Waals surface area contributed by atoms with Crippen LogP contribution < -0.4 is 0 Å². The molecule has 0 saturated heterocycles. The lowest BCUT2D eigenvalue weighted by Gasteiger charge is -2.20. The summed E-state index contributed by atoms with van der Waals surface area (Å²) in [5, 5.41) is 0. The van der Waals surface area contributed by atoms with Crippen molar-refractivity contribution >= 4 is 5.69 Å². The highest BCUT2D eigenvalue weighted by molar-refractivity contribution is 5.51. The Bertz CT molecular complexity index is 880. The number of aryl methyl sites for hydroxylation is 1. The van der Waals surface area contributed by atoms with Crippen LogP contribution in [0.5, 0.6) is 0 Å². The second kappa shape index (κ2) is 5.65. The number of oxazole rings is 1. The van der Waals surface area contributed by atoms with Crippen LogP contribution in [0.4, 0.5) is 5.69 Å². The summed E-state index contributed by atoms with van der Waals surface area (Å²) in [6.45, 7) is 7.31. The zero-order valence-electron chi connectivity index (χ0n) is 12.4. The molecule has 0 aliphatic heterocycles. The first-order chi connectivity index (χ1) is 11.3. The Morgan fingerprint density at radius 3 is 2.87 bits per heavy atom.